The predicted molar refractivity (Wildman–Crippen MR) is 64.4 cm³/mol. The fourth-order valence-corrected chi connectivity index (χ4v) is 1.80. The molecule has 0 aromatic carbocycles. The number of hydrogen-bond donors (Lipinski definition) is 0. The molecule has 0 spiro atoms. The van der Waals surface area contributed by atoms with Gasteiger partial charge in [-0.3, -0.25) is 0 Å². The highest BCUT2D eigenvalue weighted by Gasteiger charge is 2.22. The van der Waals surface area contributed by atoms with Crippen LogP contribution in [-0.4, -0.2) is 10.1 Å². The molecule has 0 N–H and O–H groups in total. The summed E-state index contributed by atoms with van der Waals surface area (Å²) in [4.78, 5) is 0. The smallest absolute Gasteiger partial charge is 0.0831 e. The summed E-state index contributed by atoms with van der Waals surface area (Å²) in [5, 5.41) is 8.49. The molecule has 4 heteroatoms. The van der Waals surface area contributed by atoms with E-state index in [9.17, 15) is 0 Å². The van der Waals surface area contributed by atoms with Gasteiger partial charge in [-0.2, -0.15) is 5.26 Å². The minimum atomic E-state index is 0.0669. The van der Waals surface area contributed by atoms with Crippen molar-refractivity contribution in [3.8, 4) is 6.07 Å². The molecule has 0 rings (SSSR count). The van der Waals surface area contributed by atoms with Crippen molar-refractivity contribution in [2.24, 2.45) is 8.62 Å². The quantitative estimate of drug-likeness (QED) is 0.424. The molecule has 62 valence electrons. The minimum absolute atomic E-state index is 0.0669. The SMILES string of the molecule is CC(C)(CI)/C(CC#N)=N/I. The molecular formula is C7H10I2N2. The maximum atomic E-state index is 8.49. The first-order chi connectivity index (χ1) is 5.08. The summed E-state index contributed by atoms with van der Waals surface area (Å²) in [7, 11) is 0. The van der Waals surface area contributed by atoms with Crippen LogP contribution in [0.4, 0.5) is 0 Å². The van der Waals surface area contributed by atoms with Crippen LogP contribution in [-0.2, 0) is 0 Å². The second kappa shape index (κ2) is 5.30. The van der Waals surface area contributed by atoms with E-state index in [1.807, 2.05) is 22.9 Å². The van der Waals surface area contributed by atoms with Crippen LogP contribution < -0.4 is 0 Å². The zero-order chi connectivity index (χ0) is 8.91. The van der Waals surface area contributed by atoms with Crippen molar-refractivity contribution in [3.05, 3.63) is 0 Å². The second-order valence-electron chi connectivity index (χ2n) is 2.88. The molecule has 0 aliphatic rings. The van der Waals surface area contributed by atoms with Gasteiger partial charge in [-0.1, -0.05) is 36.4 Å². The average molecular weight is 376 g/mol. The molecule has 0 aliphatic heterocycles. The third kappa shape index (κ3) is 3.69. The van der Waals surface area contributed by atoms with Crippen LogP contribution in [0, 0.1) is 16.7 Å². The lowest BCUT2D eigenvalue weighted by atomic mass is 9.88. The van der Waals surface area contributed by atoms with Crippen LogP contribution in [0.3, 0.4) is 0 Å². The van der Waals surface area contributed by atoms with Crippen molar-refractivity contribution in [2.45, 2.75) is 20.3 Å². The summed E-state index contributed by atoms with van der Waals surface area (Å²) < 4.78 is 5.07. The summed E-state index contributed by atoms with van der Waals surface area (Å²) in [6.07, 6.45) is 0.443. The van der Waals surface area contributed by atoms with Gasteiger partial charge in [-0.15, -0.1) is 0 Å². The standard InChI is InChI=1S/C7H10I2N2/c1-7(2,5-8)6(11-9)3-4-10/h3,5H2,1-2H3/b11-6+. The molecule has 0 aromatic rings. The fraction of sp³-hybridized carbons (Fsp3) is 0.714. The maximum Gasteiger partial charge on any atom is 0.0831 e. The number of nitrogens with zero attached hydrogens (tertiary/aromatic N) is 2. The summed E-state index contributed by atoms with van der Waals surface area (Å²) in [6, 6.07) is 2.12. The van der Waals surface area contributed by atoms with Gasteiger partial charge >= 0.3 is 0 Å². The normalized spacial score (nSPS) is 12.8. The van der Waals surface area contributed by atoms with Crippen molar-refractivity contribution in [1.82, 2.24) is 0 Å². The minimum Gasteiger partial charge on any atom is -0.222 e. The van der Waals surface area contributed by atoms with Gasteiger partial charge in [-0.05, 0) is 0 Å². The van der Waals surface area contributed by atoms with Crippen LogP contribution in [0.1, 0.15) is 20.3 Å². The molecule has 0 aromatic heterocycles. The highest BCUT2D eigenvalue weighted by atomic mass is 127. The van der Waals surface area contributed by atoms with E-state index in [0.717, 1.165) is 10.1 Å². The van der Waals surface area contributed by atoms with Crippen LogP contribution in [0.25, 0.3) is 0 Å². The van der Waals surface area contributed by atoms with Crippen LogP contribution in [0.5, 0.6) is 0 Å². The highest BCUT2D eigenvalue weighted by Crippen LogP contribution is 2.23. The Morgan fingerprint density at radius 1 is 1.64 bits per heavy atom. The van der Waals surface area contributed by atoms with Gasteiger partial charge in [0.1, 0.15) is 0 Å². The molecule has 0 radical (unpaired) electrons. The summed E-state index contributed by atoms with van der Waals surface area (Å²) in [6.45, 7) is 4.21. The molecule has 0 amide bonds. The lowest BCUT2D eigenvalue weighted by Gasteiger charge is -2.21. The maximum absolute atomic E-state index is 8.49. The van der Waals surface area contributed by atoms with E-state index in [1.54, 1.807) is 0 Å². The Morgan fingerprint density at radius 3 is 2.45 bits per heavy atom. The average Bonchev–Trinajstić information content (AvgIpc) is 2.00. The van der Waals surface area contributed by atoms with E-state index in [-0.39, 0.29) is 5.41 Å². The van der Waals surface area contributed by atoms with Gasteiger partial charge < -0.3 is 0 Å². The van der Waals surface area contributed by atoms with E-state index in [0.29, 0.717) is 6.42 Å². The van der Waals surface area contributed by atoms with Gasteiger partial charge in [0.25, 0.3) is 0 Å². The van der Waals surface area contributed by atoms with Crippen molar-refractivity contribution in [3.63, 3.8) is 0 Å². The first-order valence-corrected chi connectivity index (χ1v) is 5.68. The molecule has 0 bridgehead atoms. The van der Waals surface area contributed by atoms with E-state index in [4.69, 9.17) is 5.26 Å². The van der Waals surface area contributed by atoms with E-state index in [1.165, 1.54) is 0 Å². The zero-order valence-corrected chi connectivity index (χ0v) is 10.9. The molecule has 0 heterocycles. The molecule has 0 saturated carbocycles. The topological polar surface area (TPSA) is 36.1 Å². The number of rotatable bonds is 3. The zero-order valence-electron chi connectivity index (χ0n) is 6.56. The summed E-state index contributed by atoms with van der Waals surface area (Å²) in [5.74, 6) is 0. The fourth-order valence-electron chi connectivity index (χ4n) is 0.536. The number of hydrogen-bond acceptors (Lipinski definition) is 2. The Morgan fingerprint density at radius 2 is 2.18 bits per heavy atom. The highest BCUT2D eigenvalue weighted by molar-refractivity contribution is 14.1. The van der Waals surface area contributed by atoms with Gasteiger partial charge in [0.2, 0.25) is 0 Å². The van der Waals surface area contributed by atoms with Crippen molar-refractivity contribution < 1.29 is 0 Å². The van der Waals surface area contributed by atoms with Crippen LogP contribution in [0.2, 0.25) is 0 Å². The van der Waals surface area contributed by atoms with Crippen molar-refractivity contribution >= 4 is 51.2 Å². The third-order valence-electron chi connectivity index (χ3n) is 1.46. The Kier molecular flexibility index (Phi) is 5.60. The molecule has 0 aliphatic carbocycles. The third-order valence-corrected chi connectivity index (χ3v) is 3.95. The van der Waals surface area contributed by atoms with Gasteiger partial charge in [0.15, 0.2) is 0 Å². The van der Waals surface area contributed by atoms with Crippen molar-refractivity contribution in [2.75, 3.05) is 4.43 Å². The molecular weight excluding hydrogens is 366 g/mol. The largest absolute Gasteiger partial charge is 0.222 e. The number of nitriles is 1. The number of alkyl halides is 1. The first-order valence-electron chi connectivity index (χ1n) is 3.19. The van der Waals surface area contributed by atoms with E-state index in [2.05, 4.69) is 45.7 Å². The van der Waals surface area contributed by atoms with Crippen LogP contribution >= 0.6 is 45.5 Å². The lowest BCUT2D eigenvalue weighted by molar-refractivity contribution is 0.608. The Balaban J connectivity index is 4.41. The molecule has 2 nitrogen and oxygen atoms in total. The van der Waals surface area contributed by atoms with Crippen molar-refractivity contribution in [1.29, 1.82) is 5.26 Å². The monoisotopic (exact) mass is 376 g/mol. The Labute approximate surface area is 95.1 Å². The second-order valence-corrected chi connectivity index (χ2v) is 4.13. The first kappa shape index (κ1) is 11.6. The molecule has 11 heavy (non-hydrogen) atoms. The molecule has 0 saturated heterocycles. The van der Waals surface area contributed by atoms with Gasteiger partial charge in [-0.25, -0.2) is 3.21 Å². The van der Waals surface area contributed by atoms with E-state index >= 15 is 0 Å². The molecule has 0 atom stereocenters. The Hall–Kier alpha value is 0.620. The van der Waals surface area contributed by atoms with Gasteiger partial charge in [0, 0.05) is 15.6 Å². The van der Waals surface area contributed by atoms with E-state index < -0.39 is 0 Å². The van der Waals surface area contributed by atoms with Gasteiger partial charge in [0.05, 0.1) is 35.4 Å². The summed E-state index contributed by atoms with van der Waals surface area (Å²) in [5.41, 5.74) is 1.05. The lowest BCUT2D eigenvalue weighted by Crippen LogP contribution is -2.24. The summed E-state index contributed by atoms with van der Waals surface area (Å²) >= 11 is 4.27. The predicted octanol–water partition coefficient (Wildman–Crippen LogP) is 3.15. The molecule has 0 unspecified atom stereocenters. The van der Waals surface area contributed by atoms with Crippen LogP contribution in [0.15, 0.2) is 3.21 Å². The number of halogens is 2. The molecule has 0 fully saturated rings. The Bertz CT molecular complexity index is 191.